The van der Waals surface area contributed by atoms with E-state index in [0.717, 1.165) is 0 Å². The van der Waals surface area contributed by atoms with Crippen LogP contribution in [0, 0.1) is 0 Å². The van der Waals surface area contributed by atoms with Gasteiger partial charge in [0, 0.05) is 6.42 Å². The number of hydrogen-bond donors (Lipinski definition) is 2. The molecule has 0 amide bonds. The smallest absolute Gasteiger partial charge is 0.347 e. The third-order valence-electron chi connectivity index (χ3n) is 2.16. The third-order valence-corrected chi connectivity index (χ3v) is 4.47. The lowest BCUT2D eigenvalue weighted by Crippen LogP contribution is -2.23. The van der Waals surface area contributed by atoms with Crippen LogP contribution in [0.3, 0.4) is 0 Å². The van der Waals surface area contributed by atoms with Crippen molar-refractivity contribution in [2.75, 3.05) is 13.2 Å². The Kier molecular flexibility index (Phi) is 8.43. The quantitative estimate of drug-likeness (QED) is 0.465. The molecule has 6 nitrogen and oxygen atoms in total. The first kappa shape index (κ1) is 16.6. The second-order valence-corrected chi connectivity index (χ2v) is 5.84. The Bertz CT molecular complexity index is 261. The van der Waals surface area contributed by atoms with E-state index >= 15 is 0 Å². The summed E-state index contributed by atoms with van der Waals surface area (Å²) in [5.41, 5.74) is 5.78. The van der Waals surface area contributed by atoms with Crippen LogP contribution in [0.4, 0.5) is 0 Å². The summed E-state index contributed by atoms with van der Waals surface area (Å²) in [6.45, 7) is 4.01. The van der Waals surface area contributed by atoms with E-state index in [1.807, 2.05) is 0 Å². The van der Waals surface area contributed by atoms with Gasteiger partial charge >= 0.3 is 13.6 Å². The average molecular weight is 267 g/mol. The summed E-state index contributed by atoms with van der Waals surface area (Å²) in [6, 6.07) is 0. The second-order valence-electron chi connectivity index (χ2n) is 3.58. The number of carbonyl (C=O) groups is 1. The summed E-state index contributed by atoms with van der Waals surface area (Å²) in [5.74, 6) is -1.52. The van der Waals surface area contributed by atoms with Crippen molar-refractivity contribution in [2.45, 2.75) is 45.3 Å². The molecule has 1 unspecified atom stereocenters. The Morgan fingerprint density at radius 2 is 1.82 bits per heavy atom. The zero-order valence-corrected chi connectivity index (χ0v) is 11.3. The molecule has 0 rings (SSSR count). The maximum Gasteiger partial charge on any atom is 0.347 e. The zero-order chi connectivity index (χ0) is 13.3. The normalized spacial score (nSPS) is 13.6. The van der Waals surface area contributed by atoms with Gasteiger partial charge in [0.1, 0.15) is 5.78 Å². The minimum Gasteiger partial charge on any atom is -0.481 e. The Morgan fingerprint density at radius 3 is 2.24 bits per heavy atom. The second kappa shape index (κ2) is 8.64. The summed E-state index contributed by atoms with van der Waals surface area (Å²) in [7, 11) is -3.24. The molecule has 0 fully saturated rings. The Balaban J connectivity index is 4.10. The summed E-state index contributed by atoms with van der Waals surface area (Å²) in [5, 5.41) is 8.47. The first-order chi connectivity index (χ1) is 7.96. The molecular weight excluding hydrogens is 245 g/mol. The lowest BCUT2D eigenvalue weighted by molar-refractivity contribution is -0.137. The molecule has 0 spiro atoms. The van der Waals surface area contributed by atoms with Gasteiger partial charge < -0.3 is 19.9 Å². The predicted molar refractivity (Wildman–Crippen MR) is 64.9 cm³/mol. The van der Waals surface area contributed by atoms with Gasteiger partial charge in [-0.2, -0.15) is 0 Å². The van der Waals surface area contributed by atoms with Crippen LogP contribution in [0.15, 0.2) is 0 Å². The minimum atomic E-state index is -3.24. The monoisotopic (exact) mass is 267 g/mol. The molecule has 0 heterocycles. The van der Waals surface area contributed by atoms with E-state index in [4.69, 9.17) is 19.9 Å². The van der Waals surface area contributed by atoms with Gasteiger partial charge in [0.15, 0.2) is 0 Å². The third kappa shape index (κ3) is 6.78. The SMILES string of the molecule is CCOP(=O)(OCC)C(N)CCCCC(=O)O. The molecular formula is C10H22NO5P. The number of nitrogens with two attached hydrogens (primary N) is 1. The number of rotatable bonds is 10. The Morgan fingerprint density at radius 1 is 1.29 bits per heavy atom. The maximum absolute atomic E-state index is 12.2. The molecule has 17 heavy (non-hydrogen) atoms. The van der Waals surface area contributed by atoms with Crippen molar-refractivity contribution >= 4 is 13.6 Å². The predicted octanol–water partition coefficient (Wildman–Crippen LogP) is 2.18. The molecule has 0 aliphatic rings. The van der Waals surface area contributed by atoms with E-state index < -0.39 is 19.3 Å². The van der Waals surface area contributed by atoms with Crippen molar-refractivity contribution in [1.82, 2.24) is 0 Å². The number of carboxylic acids is 1. The number of unbranched alkanes of at least 4 members (excludes halogenated alkanes) is 1. The molecule has 1 atom stereocenters. The van der Waals surface area contributed by atoms with Gasteiger partial charge in [0.2, 0.25) is 0 Å². The van der Waals surface area contributed by atoms with Gasteiger partial charge in [-0.25, -0.2) is 0 Å². The van der Waals surface area contributed by atoms with Gasteiger partial charge in [-0.3, -0.25) is 9.36 Å². The van der Waals surface area contributed by atoms with Gasteiger partial charge in [0.05, 0.1) is 13.2 Å². The molecule has 0 aliphatic heterocycles. The standard InChI is InChI=1S/C10H22NO5P/c1-3-15-17(14,16-4-2)9(11)7-5-6-8-10(12)13/h9H,3-8,11H2,1-2H3,(H,12,13). The van der Waals surface area contributed by atoms with Gasteiger partial charge in [0.25, 0.3) is 0 Å². The van der Waals surface area contributed by atoms with Crippen molar-refractivity contribution in [3.8, 4) is 0 Å². The van der Waals surface area contributed by atoms with Gasteiger partial charge in [-0.1, -0.05) is 6.42 Å². The fraction of sp³-hybridized carbons (Fsp3) is 0.900. The highest BCUT2D eigenvalue weighted by Gasteiger charge is 2.31. The zero-order valence-electron chi connectivity index (χ0n) is 10.4. The molecule has 0 aromatic carbocycles. The summed E-state index contributed by atoms with van der Waals surface area (Å²) in [4.78, 5) is 10.3. The summed E-state index contributed by atoms with van der Waals surface area (Å²) in [6.07, 6.45) is 1.64. The highest BCUT2D eigenvalue weighted by Crippen LogP contribution is 2.52. The van der Waals surface area contributed by atoms with Crippen LogP contribution in [0.2, 0.25) is 0 Å². The van der Waals surface area contributed by atoms with E-state index in [1.165, 1.54) is 0 Å². The van der Waals surface area contributed by atoms with E-state index in [1.54, 1.807) is 13.8 Å². The highest BCUT2D eigenvalue weighted by molar-refractivity contribution is 7.54. The molecule has 102 valence electrons. The summed E-state index contributed by atoms with van der Waals surface area (Å²) < 4.78 is 22.4. The first-order valence-electron chi connectivity index (χ1n) is 5.82. The Labute approximate surface area is 102 Å². The average Bonchev–Trinajstić information content (AvgIpc) is 2.24. The van der Waals surface area contributed by atoms with Crippen molar-refractivity contribution in [2.24, 2.45) is 5.73 Å². The van der Waals surface area contributed by atoms with Crippen LogP contribution >= 0.6 is 7.60 Å². The molecule has 7 heteroatoms. The lowest BCUT2D eigenvalue weighted by atomic mass is 10.2. The van der Waals surface area contributed by atoms with E-state index in [-0.39, 0.29) is 19.6 Å². The topological polar surface area (TPSA) is 98.9 Å². The molecule has 0 saturated carbocycles. The van der Waals surface area contributed by atoms with Crippen LogP contribution in [-0.2, 0) is 18.4 Å². The number of aliphatic carboxylic acids is 1. The van der Waals surface area contributed by atoms with Crippen LogP contribution < -0.4 is 5.73 Å². The first-order valence-corrected chi connectivity index (χ1v) is 7.43. The summed E-state index contributed by atoms with van der Waals surface area (Å²) >= 11 is 0. The van der Waals surface area contributed by atoms with Crippen molar-refractivity contribution in [1.29, 1.82) is 0 Å². The highest BCUT2D eigenvalue weighted by atomic mass is 31.2. The lowest BCUT2D eigenvalue weighted by Gasteiger charge is -2.22. The number of hydrogen-bond acceptors (Lipinski definition) is 5. The fourth-order valence-corrected chi connectivity index (χ4v) is 3.05. The minimum absolute atomic E-state index is 0.0975. The van der Waals surface area contributed by atoms with E-state index in [0.29, 0.717) is 19.3 Å². The van der Waals surface area contributed by atoms with E-state index in [9.17, 15) is 9.36 Å². The number of carboxylic acid groups (broad SMARTS) is 1. The Hall–Kier alpha value is -0.420. The fourth-order valence-electron chi connectivity index (χ4n) is 1.38. The largest absolute Gasteiger partial charge is 0.481 e. The molecule has 0 radical (unpaired) electrons. The van der Waals surface area contributed by atoms with Gasteiger partial charge in [-0.05, 0) is 26.7 Å². The molecule has 0 bridgehead atoms. The molecule has 3 N–H and O–H groups in total. The van der Waals surface area contributed by atoms with Crippen molar-refractivity contribution in [3.05, 3.63) is 0 Å². The van der Waals surface area contributed by atoms with Crippen LogP contribution in [0.5, 0.6) is 0 Å². The molecule has 0 aromatic rings. The molecule has 0 saturated heterocycles. The van der Waals surface area contributed by atoms with Gasteiger partial charge in [-0.15, -0.1) is 0 Å². The van der Waals surface area contributed by atoms with Crippen LogP contribution in [0.25, 0.3) is 0 Å². The maximum atomic E-state index is 12.2. The van der Waals surface area contributed by atoms with Crippen molar-refractivity contribution in [3.63, 3.8) is 0 Å². The van der Waals surface area contributed by atoms with Crippen LogP contribution in [0.1, 0.15) is 39.5 Å². The van der Waals surface area contributed by atoms with Crippen LogP contribution in [-0.4, -0.2) is 30.1 Å². The van der Waals surface area contributed by atoms with Crippen molar-refractivity contribution < 1.29 is 23.5 Å². The van der Waals surface area contributed by atoms with E-state index in [2.05, 4.69) is 0 Å². The molecule has 0 aliphatic carbocycles. The molecule has 0 aromatic heterocycles.